The number of hydrogen-bond acceptors (Lipinski definition) is 4. The van der Waals surface area contributed by atoms with Crippen molar-refractivity contribution in [1.29, 1.82) is 0 Å². The van der Waals surface area contributed by atoms with Crippen LogP contribution in [0.2, 0.25) is 0 Å². The topological polar surface area (TPSA) is 47.9 Å². The summed E-state index contributed by atoms with van der Waals surface area (Å²) in [4.78, 5) is 0. The zero-order valence-electron chi connectivity index (χ0n) is 16.7. The Morgan fingerprint density at radius 2 is 1.43 bits per heavy atom. The second-order valence-corrected chi connectivity index (χ2v) is 7.50. The minimum atomic E-state index is -0.00382. The molecule has 2 aromatic carbocycles. The van der Waals surface area contributed by atoms with Crippen molar-refractivity contribution in [2.75, 3.05) is 6.61 Å². The molecule has 2 aromatic rings. The minimum absolute atomic E-state index is 0.00382. The quantitative estimate of drug-likeness (QED) is 0.613. The highest BCUT2D eigenvalue weighted by Crippen LogP contribution is 2.29. The van der Waals surface area contributed by atoms with Gasteiger partial charge in [-0.3, -0.25) is 0 Å². The first-order valence-electron chi connectivity index (χ1n) is 10.3. The molecule has 4 atom stereocenters. The maximum Gasteiger partial charge on any atom is 0.0867 e. The molecule has 0 aliphatic carbocycles. The van der Waals surface area contributed by atoms with Crippen LogP contribution in [-0.4, -0.2) is 36.1 Å². The summed E-state index contributed by atoms with van der Waals surface area (Å²) in [6, 6.07) is 20.5. The summed E-state index contributed by atoms with van der Waals surface area (Å²) in [6.45, 7) is 3.47. The Labute approximate surface area is 168 Å². The lowest BCUT2D eigenvalue weighted by Gasteiger charge is -2.40. The Morgan fingerprint density at radius 1 is 0.857 bits per heavy atom. The molecule has 1 saturated heterocycles. The highest BCUT2D eigenvalue weighted by Gasteiger charge is 2.36. The van der Waals surface area contributed by atoms with E-state index < -0.39 is 0 Å². The first-order chi connectivity index (χ1) is 13.8. The van der Waals surface area contributed by atoms with Gasteiger partial charge in [0.2, 0.25) is 0 Å². The zero-order chi connectivity index (χ0) is 19.6. The van der Waals surface area contributed by atoms with Gasteiger partial charge in [-0.1, -0.05) is 60.7 Å². The van der Waals surface area contributed by atoms with E-state index in [9.17, 15) is 0 Å². The van der Waals surface area contributed by atoms with Crippen LogP contribution < -0.4 is 0 Å². The third kappa shape index (κ3) is 6.42. The van der Waals surface area contributed by atoms with Crippen molar-refractivity contribution in [2.24, 2.45) is 0 Å². The zero-order valence-corrected chi connectivity index (χ0v) is 16.7. The molecule has 4 unspecified atom stereocenters. The number of aliphatic hydroxyl groups excluding tert-OH is 1. The van der Waals surface area contributed by atoms with E-state index in [1.54, 1.807) is 0 Å². The standard InChI is InChI=1S/C24H32O4/c1-19-23(26-17-20-10-4-2-5-11-20)16-24(22(28-19)14-8-9-15-25)27-18-21-12-6-3-7-13-21/h2-7,10-13,19,22-25H,8-9,14-18H2,1H3. The summed E-state index contributed by atoms with van der Waals surface area (Å²) in [5.41, 5.74) is 2.33. The smallest absolute Gasteiger partial charge is 0.0867 e. The molecular formula is C24H32O4. The van der Waals surface area contributed by atoms with Crippen LogP contribution in [0.25, 0.3) is 0 Å². The van der Waals surface area contributed by atoms with Gasteiger partial charge in [-0.05, 0) is 37.3 Å². The summed E-state index contributed by atoms with van der Waals surface area (Å²) in [6.07, 6.45) is 3.54. The number of rotatable bonds is 10. The molecular weight excluding hydrogens is 352 g/mol. The van der Waals surface area contributed by atoms with E-state index in [4.69, 9.17) is 19.3 Å². The van der Waals surface area contributed by atoms with Crippen LogP contribution in [0.1, 0.15) is 43.7 Å². The fraction of sp³-hybridized carbons (Fsp3) is 0.500. The van der Waals surface area contributed by atoms with Gasteiger partial charge < -0.3 is 19.3 Å². The van der Waals surface area contributed by atoms with Gasteiger partial charge in [0, 0.05) is 13.0 Å². The van der Waals surface area contributed by atoms with E-state index in [0.29, 0.717) is 13.2 Å². The molecule has 0 spiro atoms. The number of ether oxygens (including phenoxy) is 3. The van der Waals surface area contributed by atoms with Crippen LogP contribution in [0.5, 0.6) is 0 Å². The van der Waals surface area contributed by atoms with Crippen molar-refractivity contribution in [1.82, 2.24) is 0 Å². The minimum Gasteiger partial charge on any atom is -0.396 e. The molecule has 4 heteroatoms. The highest BCUT2D eigenvalue weighted by molar-refractivity contribution is 5.14. The molecule has 0 radical (unpaired) electrons. The van der Waals surface area contributed by atoms with Crippen LogP contribution in [0.15, 0.2) is 60.7 Å². The van der Waals surface area contributed by atoms with Crippen molar-refractivity contribution in [3.05, 3.63) is 71.8 Å². The number of unbranched alkanes of at least 4 members (excludes halogenated alkanes) is 1. The van der Waals surface area contributed by atoms with Crippen molar-refractivity contribution >= 4 is 0 Å². The van der Waals surface area contributed by atoms with Gasteiger partial charge >= 0.3 is 0 Å². The van der Waals surface area contributed by atoms with Crippen molar-refractivity contribution in [3.8, 4) is 0 Å². The normalized spacial score (nSPS) is 24.9. The van der Waals surface area contributed by atoms with Crippen LogP contribution in [0, 0.1) is 0 Å². The van der Waals surface area contributed by atoms with E-state index in [1.807, 2.05) is 36.4 Å². The lowest BCUT2D eigenvalue weighted by Crippen LogP contribution is -2.48. The first-order valence-corrected chi connectivity index (χ1v) is 10.3. The van der Waals surface area contributed by atoms with E-state index in [-0.39, 0.29) is 31.0 Å². The summed E-state index contributed by atoms with van der Waals surface area (Å²) in [5, 5.41) is 9.09. The van der Waals surface area contributed by atoms with Crippen LogP contribution in [0.4, 0.5) is 0 Å². The maximum atomic E-state index is 9.09. The molecule has 0 amide bonds. The monoisotopic (exact) mass is 384 g/mol. The third-order valence-electron chi connectivity index (χ3n) is 5.30. The molecule has 3 rings (SSSR count). The Balaban J connectivity index is 1.59. The van der Waals surface area contributed by atoms with E-state index in [2.05, 4.69) is 31.2 Å². The predicted molar refractivity (Wildman–Crippen MR) is 110 cm³/mol. The van der Waals surface area contributed by atoms with Crippen LogP contribution >= 0.6 is 0 Å². The molecule has 152 valence electrons. The molecule has 0 saturated carbocycles. The summed E-state index contributed by atoms with van der Waals surface area (Å²) in [7, 11) is 0. The van der Waals surface area contributed by atoms with Crippen molar-refractivity contribution in [2.45, 2.75) is 70.2 Å². The molecule has 1 fully saturated rings. The lowest BCUT2D eigenvalue weighted by atomic mass is 9.95. The molecule has 28 heavy (non-hydrogen) atoms. The van der Waals surface area contributed by atoms with Crippen LogP contribution in [-0.2, 0) is 27.4 Å². The molecule has 1 aliphatic rings. The average molecular weight is 385 g/mol. The maximum absolute atomic E-state index is 9.09. The third-order valence-corrected chi connectivity index (χ3v) is 5.30. The highest BCUT2D eigenvalue weighted by atomic mass is 16.6. The Bertz CT molecular complexity index is 661. The number of hydrogen-bond donors (Lipinski definition) is 1. The Kier molecular flexibility index (Phi) is 8.49. The molecule has 4 nitrogen and oxygen atoms in total. The molecule has 0 bridgehead atoms. The largest absolute Gasteiger partial charge is 0.396 e. The van der Waals surface area contributed by atoms with Gasteiger partial charge in [-0.2, -0.15) is 0 Å². The first kappa shape index (κ1) is 21.0. The molecule has 1 heterocycles. The Morgan fingerprint density at radius 3 is 2.00 bits per heavy atom. The lowest BCUT2D eigenvalue weighted by molar-refractivity contribution is -0.198. The van der Waals surface area contributed by atoms with E-state index in [1.165, 1.54) is 5.56 Å². The fourth-order valence-electron chi connectivity index (χ4n) is 3.67. The van der Waals surface area contributed by atoms with Gasteiger partial charge in [0.1, 0.15) is 0 Å². The summed E-state index contributed by atoms with van der Waals surface area (Å²) in [5.74, 6) is 0. The van der Waals surface area contributed by atoms with Gasteiger partial charge in [0.05, 0.1) is 37.6 Å². The summed E-state index contributed by atoms with van der Waals surface area (Å²) < 4.78 is 18.8. The summed E-state index contributed by atoms with van der Waals surface area (Å²) >= 11 is 0. The molecule has 1 N–H and O–H groups in total. The fourth-order valence-corrected chi connectivity index (χ4v) is 3.67. The van der Waals surface area contributed by atoms with Gasteiger partial charge in [0.25, 0.3) is 0 Å². The molecule has 1 aliphatic heterocycles. The predicted octanol–water partition coefficient (Wildman–Crippen LogP) is 4.50. The van der Waals surface area contributed by atoms with Gasteiger partial charge in [-0.25, -0.2) is 0 Å². The second-order valence-electron chi connectivity index (χ2n) is 7.50. The molecule has 0 aromatic heterocycles. The number of benzene rings is 2. The van der Waals surface area contributed by atoms with Crippen LogP contribution in [0.3, 0.4) is 0 Å². The number of aliphatic hydroxyl groups is 1. The van der Waals surface area contributed by atoms with Crippen molar-refractivity contribution < 1.29 is 19.3 Å². The average Bonchev–Trinajstić information content (AvgIpc) is 2.74. The van der Waals surface area contributed by atoms with Gasteiger partial charge in [-0.15, -0.1) is 0 Å². The SMILES string of the molecule is CC1OC(CCCCO)C(OCc2ccccc2)CC1OCc1ccccc1. The van der Waals surface area contributed by atoms with Crippen molar-refractivity contribution in [3.63, 3.8) is 0 Å². The van der Waals surface area contributed by atoms with E-state index in [0.717, 1.165) is 31.2 Å². The van der Waals surface area contributed by atoms with E-state index >= 15 is 0 Å². The van der Waals surface area contributed by atoms with Gasteiger partial charge in [0.15, 0.2) is 0 Å². The Hall–Kier alpha value is -1.72. The second kappa shape index (κ2) is 11.3.